The van der Waals surface area contributed by atoms with Crippen molar-refractivity contribution >= 4 is 33.3 Å². The first kappa shape index (κ1) is 12.4. The summed E-state index contributed by atoms with van der Waals surface area (Å²) in [6.45, 7) is 0. The number of rotatable bonds is 2. The molecule has 0 unspecified atom stereocenters. The van der Waals surface area contributed by atoms with Gasteiger partial charge in [0.25, 0.3) is 0 Å². The third-order valence-corrected chi connectivity index (χ3v) is 3.40. The fourth-order valence-electron chi connectivity index (χ4n) is 1.68. The number of carboxylic acids is 1. The van der Waals surface area contributed by atoms with Gasteiger partial charge in [0.2, 0.25) is 0 Å². The number of nitrogen functional groups attached to an aromatic ring is 2. The van der Waals surface area contributed by atoms with Crippen molar-refractivity contribution in [2.75, 3.05) is 11.5 Å². The van der Waals surface area contributed by atoms with Crippen molar-refractivity contribution in [3.63, 3.8) is 0 Å². The monoisotopic (exact) mass is 306 g/mol. The van der Waals surface area contributed by atoms with Gasteiger partial charge in [-0.25, -0.2) is 4.79 Å². The number of halogens is 1. The molecule has 0 saturated carbocycles. The Balaban J connectivity index is 2.64. The van der Waals surface area contributed by atoms with E-state index in [1.807, 2.05) is 12.1 Å². The first-order valence-corrected chi connectivity index (χ1v) is 5.96. The summed E-state index contributed by atoms with van der Waals surface area (Å²) in [5, 5.41) is 9.10. The zero-order valence-corrected chi connectivity index (χ0v) is 10.9. The van der Waals surface area contributed by atoms with Gasteiger partial charge in [-0.2, -0.15) is 0 Å². The summed E-state index contributed by atoms with van der Waals surface area (Å²) in [7, 11) is 0. The van der Waals surface area contributed by atoms with E-state index >= 15 is 0 Å². The predicted octanol–water partition coefficient (Wildman–Crippen LogP) is 2.98. The van der Waals surface area contributed by atoms with E-state index in [1.165, 1.54) is 6.07 Å². The third-order valence-electron chi connectivity index (χ3n) is 2.55. The average Bonchev–Trinajstić information content (AvgIpc) is 2.32. The molecular weight excluding hydrogens is 296 g/mol. The molecule has 0 aliphatic carbocycles. The molecule has 2 rings (SSSR count). The minimum atomic E-state index is -1.02. The van der Waals surface area contributed by atoms with E-state index in [1.54, 1.807) is 18.2 Å². The molecule has 2 aromatic carbocycles. The van der Waals surface area contributed by atoms with Crippen LogP contribution in [-0.4, -0.2) is 11.1 Å². The number of hydrogen-bond acceptors (Lipinski definition) is 3. The molecule has 0 amide bonds. The Morgan fingerprint density at radius 2 is 1.67 bits per heavy atom. The van der Waals surface area contributed by atoms with Gasteiger partial charge in [-0.1, -0.05) is 12.1 Å². The van der Waals surface area contributed by atoms with Crippen LogP contribution in [-0.2, 0) is 0 Å². The van der Waals surface area contributed by atoms with Gasteiger partial charge in [-0.3, -0.25) is 0 Å². The van der Waals surface area contributed by atoms with Crippen molar-refractivity contribution in [2.24, 2.45) is 0 Å². The maximum Gasteiger partial charge on any atom is 0.336 e. The second-order valence-electron chi connectivity index (χ2n) is 3.86. The summed E-state index contributed by atoms with van der Waals surface area (Å²) in [4.78, 5) is 11.1. The van der Waals surface area contributed by atoms with Gasteiger partial charge in [0.05, 0.1) is 5.56 Å². The van der Waals surface area contributed by atoms with Gasteiger partial charge >= 0.3 is 5.97 Å². The highest BCUT2D eigenvalue weighted by Gasteiger charge is 2.14. The molecule has 0 fully saturated rings. The highest BCUT2D eigenvalue weighted by atomic mass is 79.9. The van der Waals surface area contributed by atoms with Crippen LogP contribution in [0.1, 0.15) is 10.4 Å². The lowest BCUT2D eigenvalue weighted by molar-refractivity contribution is 0.0696. The first-order valence-electron chi connectivity index (χ1n) is 5.17. The minimum absolute atomic E-state index is 0.141. The SMILES string of the molecule is Nc1ccc(-c2cc(N)cc(C(=O)O)c2Br)cc1. The molecule has 0 aromatic heterocycles. The van der Waals surface area contributed by atoms with E-state index in [0.29, 0.717) is 15.8 Å². The highest BCUT2D eigenvalue weighted by molar-refractivity contribution is 9.10. The van der Waals surface area contributed by atoms with E-state index in [0.717, 1.165) is 11.1 Å². The number of hydrogen-bond donors (Lipinski definition) is 3. The fraction of sp³-hybridized carbons (Fsp3) is 0. The molecule has 5 heteroatoms. The normalized spacial score (nSPS) is 10.3. The van der Waals surface area contributed by atoms with Crippen molar-refractivity contribution in [1.82, 2.24) is 0 Å². The number of carbonyl (C=O) groups is 1. The molecule has 92 valence electrons. The lowest BCUT2D eigenvalue weighted by Gasteiger charge is -2.09. The Hall–Kier alpha value is -2.01. The quantitative estimate of drug-likeness (QED) is 0.744. The molecule has 0 bridgehead atoms. The van der Waals surface area contributed by atoms with Crippen molar-refractivity contribution in [3.05, 3.63) is 46.4 Å². The van der Waals surface area contributed by atoms with Crippen LogP contribution in [0.3, 0.4) is 0 Å². The molecule has 18 heavy (non-hydrogen) atoms. The van der Waals surface area contributed by atoms with Gasteiger partial charge in [0.15, 0.2) is 0 Å². The zero-order valence-electron chi connectivity index (χ0n) is 9.35. The second kappa shape index (κ2) is 4.70. The second-order valence-corrected chi connectivity index (χ2v) is 4.65. The molecule has 0 heterocycles. The molecule has 0 aliphatic rings. The summed E-state index contributed by atoms with van der Waals surface area (Å²) in [6.07, 6.45) is 0. The molecule has 0 atom stereocenters. The van der Waals surface area contributed by atoms with Crippen LogP contribution >= 0.6 is 15.9 Å². The summed E-state index contributed by atoms with van der Waals surface area (Å²) in [5.74, 6) is -1.02. The maximum absolute atomic E-state index is 11.1. The Morgan fingerprint density at radius 3 is 2.22 bits per heavy atom. The van der Waals surface area contributed by atoms with Gasteiger partial charge in [0, 0.05) is 15.8 Å². The topological polar surface area (TPSA) is 89.3 Å². The van der Waals surface area contributed by atoms with Crippen molar-refractivity contribution < 1.29 is 9.90 Å². The molecule has 2 aromatic rings. The molecule has 0 radical (unpaired) electrons. The molecular formula is C13H11BrN2O2. The average molecular weight is 307 g/mol. The van der Waals surface area contributed by atoms with E-state index in [2.05, 4.69) is 15.9 Å². The van der Waals surface area contributed by atoms with Crippen LogP contribution in [0, 0.1) is 0 Å². The van der Waals surface area contributed by atoms with Crippen LogP contribution in [0.4, 0.5) is 11.4 Å². The summed E-state index contributed by atoms with van der Waals surface area (Å²) in [5.41, 5.74) is 14.1. The van der Waals surface area contributed by atoms with Crippen molar-refractivity contribution in [3.8, 4) is 11.1 Å². The van der Waals surface area contributed by atoms with Gasteiger partial charge in [-0.15, -0.1) is 0 Å². The minimum Gasteiger partial charge on any atom is -0.478 e. The van der Waals surface area contributed by atoms with Crippen molar-refractivity contribution in [2.45, 2.75) is 0 Å². The Labute approximate surface area is 112 Å². The van der Waals surface area contributed by atoms with Crippen LogP contribution in [0.15, 0.2) is 40.9 Å². The van der Waals surface area contributed by atoms with Gasteiger partial charge in [0.1, 0.15) is 0 Å². The fourth-order valence-corrected chi connectivity index (χ4v) is 2.30. The van der Waals surface area contributed by atoms with E-state index in [-0.39, 0.29) is 5.56 Å². The Bertz CT molecular complexity index is 609. The van der Waals surface area contributed by atoms with Crippen LogP contribution in [0.2, 0.25) is 0 Å². The number of aromatic carboxylic acids is 1. The summed E-state index contributed by atoms with van der Waals surface area (Å²) in [6, 6.07) is 10.3. The van der Waals surface area contributed by atoms with E-state index in [9.17, 15) is 4.79 Å². The van der Waals surface area contributed by atoms with E-state index < -0.39 is 5.97 Å². The molecule has 0 spiro atoms. The zero-order chi connectivity index (χ0) is 13.3. The highest BCUT2D eigenvalue weighted by Crippen LogP contribution is 2.33. The maximum atomic E-state index is 11.1. The predicted molar refractivity (Wildman–Crippen MR) is 75.4 cm³/mol. The summed E-state index contributed by atoms with van der Waals surface area (Å²) < 4.78 is 0.508. The first-order chi connectivity index (χ1) is 8.49. The number of benzene rings is 2. The molecule has 5 N–H and O–H groups in total. The number of carboxylic acid groups (broad SMARTS) is 1. The van der Waals surface area contributed by atoms with Crippen LogP contribution in [0.5, 0.6) is 0 Å². The third kappa shape index (κ3) is 2.31. The van der Waals surface area contributed by atoms with Crippen LogP contribution in [0.25, 0.3) is 11.1 Å². The smallest absolute Gasteiger partial charge is 0.336 e. The molecule has 4 nitrogen and oxygen atoms in total. The lowest BCUT2D eigenvalue weighted by atomic mass is 10.0. The molecule has 0 aliphatic heterocycles. The van der Waals surface area contributed by atoms with Gasteiger partial charge in [-0.05, 0) is 51.3 Å². The standard InChI is InChI=1S/C13H11BrN2O2/c14-12-10(7-1-3-8(15)4-2-7)5-9(16)6-11(12)13(17)18/h1-6H,15-16H2,(H,17,18). The Morgan fingerprint density at radius 1 is 1.06 bits per heavy atom. The number of anilines is 2. The largest absolute Gasteiger partial charge is 0.478 e. The Kier molecular flexibility index (Phi) is 3.25. The lowest BCUT2D eigenvalue weighted by Crippen LogP contribution is -2.01. The van der Waals surface area contributed by atoms with Crippen molar-refractivity contribution in [1.29, 1.82) is 0 Å². The van der Waals surface area contributed by atoms with Crippen LogP contribution < -0.4 is 11.5 Å². The number of nitrogens with two attached hydrogens (primary N) is 2. The van der Waals surface area contributed by atoms with Gasteiger partial charge < -0.3 is 16.6 Å². The summed E-state index contributed by atoms with van der Waals surface area (Å²) >= 11 is 3.30. The molecule has 0 saturated heterocycles. The van der Waals surface area contributed by atoms with E-state index in [4.69, 9.17) is 16.6 Å².